The topological polar surface area (TPSA) is 70.9 Å². The average Bonchev–Trinajstić information content (AvgIpc) is 2.47. The SMILES string of the molecule is NC(N)=NCCN1CCN(CCc2ccccc2)CC1. The van der Waals surface area contributed by atoms with Crippen LogP contribution in [0, 0.1) is 0 Å². The Hall–Kier alpha value is -1.59. The lowest BCUT2D eigenvalue weighted by molar-refractivity contribution is 0.136. The van der Waals surface area contributed by atoms with Crippen LogP contribution in [0.15, 0.2) is 35.3 Å². The summed E-state index contributed by atoms with van der Waals surface area (Å²) >= 11 is 0. The summed E-state index contributed by atoms with van der Waals surface area (Å²) in [6.45, 7) is 7.27. The molecule has 0 unspecified atom stereocenters. The highest BCUT2D eigenvalue weighted by Gasteiger charge is 2.15. The van der Waals surface area contributed by atoms with Crippen LogP contribution in [0.5, 0.6) is 0 Å². The first-order chi connectivity index (χ1) is 9.74. The average molecular weight is 275 g/mol. The third-order valence-electron chi connectivity index (χ3n) is 3.74. The van der Waals surface area contributed by atoms with Crippen LogP contribution in [-0.2, 0) is 6.42 Å². The lowest BCUT2D eigenvalue weighted by Gasteiger charge is -2.34. The summed E-state index contributed by atoms with van der Waals surface area (Å²) < 4.78 is 0. The van der Waals surface area contributed by atoms with E-state index in [9.17, 15) is 0 Å². The molecule has 0 amide bonds. The molecule has 0 saturated carbocycles. The maximum absolute atomic E-state index is 5.33. The van der Waals surface area contributed by atoms with Crippen molar-refractivity contribution in [2.45, 2.75) is 6.42 Å². The molecule has 0 aliphatic carbocycles. The molecule has 1 saturated heterocycles. The minimum Gasteiger partial charge on any atom is -0.370 e. The van der Waals surface area contributed by atoms with Crippen molar-refractivity contribution in [3.05, 3.63) is 35.9 Å². The van der Waals surface area contributed by atoms with Crippen molar-refractivity contribution in [3.63, 3.8) is 0 Å². The lowest BCUT2D eigenvalue weighted by atomic mass is 10.1. The fraction of sp³-hybridized carbons (Fsp3) is 0.533. The lowest BCUT2D eigenvalue weighted by Crippen LogP contribution is -2.47. The van der Waals surface area contributed by atoms with Crippen LogP contribution in [-0.4, -0.2) is 61.6 Å². The monoisotopic (exact) mass is 275 g/mol. The summed E-state index contributed by atoms with van der Waals surface area (Å²) in [5.74, 6) is 0.187. The molecule has 0 spiro atoms. The zero-order chi connectivity index (χ0) is 14.2. The number of aliphatic imine (C=N–C) groups is 1. The molecule has 20 heavy (non-hydrogen) atoms. The van der Waals surface area contributed by atoms with Gasteiger partial charge in [0.2, 0.25) is 0 Å². The van der Waals surface area contributed by atoms with Crippen LogP contribution in [0.1, 0.15) is 5.56 Å². The molecule has 0 aromatic heterocycles. The van der Waals surface area contributed by atoms with E-state index in [0.29, 0.717) is 6.54 Å². The van der Waals surface area contributed by atoms with Crippen molar-refractivity contribution in [3.8, 4) is 0 Å². The van der Waals surface area contributed by atoms with E-state index >= 15 is 0 Å². The normalized spacial score (nSPS) is 17.0. The summed E-state index contributed by atoms with van der Waals surface area (Å²) in [6.07, 6.45) is 1.13. The number of benzene rings is 1. The van der Waals surface area contributed by atoms with Crippen LogP contribution in [0.25, 0.3) is 0 Å². The number of hydrogen-bond acceptors (Lipinski definition) is 3. The molecule has 0 atom stereocenters. The van der Waals surface area contributed by atoms with Gasteiger partial charge in [-0.25, -0.2) is 0 Å². The van der Waals surface area contributed by atoms with Crippen LogP contribution in [0.2, 0.25) is 0 Å². The molecule has 4 N–H and O–H groups in total. The second-order valence-corrected chi connectivity index (χ2v) is 5.23. The van der Waals surface area contributed by atoms with Gasteiger partial charge in [0, 0.05) is 39.3 Å². The molecule has 5 nitrogen and oxygen atoms in total. The van der Waals surface area contributed by atoms with Crippen LogP contribution < -0.4 is 11.5 Å². The van der Waals surface area contributed by atoms with Gasteiger partial charge in [-0.1, -0.05) is 30.3 Å². The maximum atomic E-state index is 5.33. The van der Waals surface area contributed by atoms with Gasteiger partial charge < -0.3 is 16.4 Å². The Balaban J connectivity index is 1.63. The molecule has 110 valence electrons. The number of rotatable bonds is 6. The molecule has 1 aliphatic rings. The number of nitrogens with two attached hydrogens (primary N) is 2. The van der Waals surface area contributed by atoms with E-state index in [1.165, 1.54) is 5.56 Å². The van der Waals surface area contributed by atoms with E-state index in [4.69, 9.17) is 11.5 Å². The minimum atomic E-state index is 0.187. The Morgan fingerprint density at radius 3 is 2.15 bits per heavy atom. The molecule has 0 radical (unpaired) electrons. The third-order valence-corrected chi connectivity index (χ3v) is 3.74. The Labute approximate surface area is 121 Å². The van der Waals surface area contributed by atoms with E-state index in [2.05, 4.69) is 45.1 Å². The fourth-order valence-corrected chi connectivity index (χ4v) is 2.49. The smallest absolute Gasteiger partial charge is 0.185 e. The largest absolute Gasteiger partial charge is 0.370 e. The highest BCUT2D eigenvalue weighted by atomic mass is 15.3. The summed E-state index contributed by atoms with van der Waals surface area (Å²) in [5.41, 5.74) is 12.1. The van der Waals surface area contributed by atoms with Gasteiger partial charge in [0.1, 0.15) is 0 Å². The first-order valence-corrected chi connectivity index (χ1v) is 7.28. The zero-order valence-corrected chi connectivity index (χ0v) is 12.0. The maximum Gasteiger partial charge on any atom is 0.185 e. The molecular weight excluding hydrogens is 250 g/mol. The van der Waals surface area contributed by atoms with Gasteiger partial charge >= 0.3 is 0 Å². The quantitative estimate of drug-likeness (QED) is 0.571. The zero-order valence-electron chi connectivity index (χ0n) is 12.0. The van der Waals surface area contributed by atoms with Gasteiger partial charge in [-0.2, -0.15) is 0 Å². The van der Waals surface area contributed by atoms with E-state index in [1.54, 1.807) is 0 Å². The van der Waals surface area contributed by atoms with Crippen molar-refractivity contribution in [2.75, 3.05) is 45.8 Å². The van der Waals surface area contributed by atoms with Crippen molar-refractivity contribution < 1.29 is 0 Å². The molecule has 1 heterocycles. The number of piperazine rings is 1. The minimum absolute atomic E-state index is 0.187. The number of nitrogens with zero attached hydrogens (tertiary/aromatic N) is 3. The Kier molecular flexibility index (Phi) is 5.83. The van der Waals surface area contributed by atoms with Gasteiger partial charge in [0.25, 0.3) is 0 Å². The molecule has 2 rings (SSSR count). The Morgan fingerprint density at radius 2 is 1.55 bits per heavy atom. The first-order valence-electron chi connectivity index (χ1n) is 7.28. The van der Waals surface area contributed by atoms with Gasteiger partial charge in [-0.05, 0) is 12.0 Å². The van der Waals surface area contributed by atoms with E-state index in [1.807, 2.05) is 0 Å². The van der Waals surface area contributed by atoms with Gasteiger partial charge in [-0.15, -0.1) is 0 Å². The van der Waals surface area contributed by atoms with Crippen LogP contribution in [0.3, 0.4) is 0 Å². The van der Waals surface area contributed by atoms with Crippen molar-refractivity contribution >= 4 is 5.96 Å². The first kappa shape index (κ1) is 14.8. The van der Waals surface area contributed by atoms with Gasteiger partial charge in [0.15, 0.2) is 5.96 Å². The highest BCUT2D eigenvalue weighted by Crippen LogP contribution is 2.05. The van der Waals surface area contributed by atoms with E-state index in [-0.39, 0.29) is 5.96 Å². The fourth-order valence-electron chi connectivity index (χ4n) is 2.49. The molecule has 1 aliphatic heterocycles. The molecule has 5 heteroatoms. The van der Waals surface area contributed by atoms with Crippen molar-refractivity contribution in [2.24, 2.45) is 16.5 Å². The van der Waals surface area contributed by atoms with Crippen molar-refractivity contribution in [1.82, 2.24) is 9.80 Å². The predicted molar refractivity (Wildman–Crippen MR) is 83.7 cm³/mol. The second-order valence-electron chi connectivity index (χ2n) is 5.23. The molecule has 1 aromatic rings. The third kappa shape index (κ3) is 5.19. The number of guanidine groups is 1. The molecule has 1 fully saturated rings. The highest BCUT2D eigenvalue weighted by molar-refractivity contribution is 5.75. The molecular formula is C15H25N5. The Bertz CT molecular complexity index is 406. The molecule has 0 bridgehead atoms. The second kappa shape index (κ2) is 7.87. The van der Waals surface area contributed by atoms with E-state index < -0.39 is 0 Å². The predicted octanol–water partition coefficient (Wildman–Crippen LogP) is 0.120. The Morgan fingerprint density at radius 1 is 0.950 bits per heavy atom. The standard InChI is InChI=1S/C15H25N5/c16-15(17)18-7-9-20-12-10-19(11-13-20)8-6-14-4-2-1-3-5-14/h1-5H,6-13H2,(H4,16,17,18). The summed E-state index contributed by atoms with van der Waals surface area (Å²) in [6, 6.07) is 10.7. The molecule has 1 aromatic carbocycles. The number of hydrogen-bond donors (Lipinski definition) is 2. The van der Waals surface area contributed by atoms with Gasteiger partial charge in [0.05, 0.1) is 6.54 Å². The van der Waals surface area contributed by atoms with Crippen molar-refractivity contribution in [1.29, 1.82) is 0 Å². The van der Waals surface area contributed by atoms with Gasteiger partial charge in [-0.3, -0.25) is 9.89 Å². The summed E-state index contributed by atoms with van der Waals surface area (Å²) in [4.78, 5) is 8.98. The van der Waals surface area contributed by atoms with Crippen LogP contribution in [0.4, 0.5) is 0 Å². The summed E-state index contributed by atoms with van der Waals surface area (Å²) in [5, 5.41) is 0. The summed E-state index contributed by atoms with van der Waals surface area (Å²) in [7, 11) is 0. The van der Waals surface area contributed by atoms with E-state index in [0.717, 1.165) is 45.7 Å². The van der Waals surface area contributed by atoms with Crippen LogP contribution >= 0.6 is 0 Å².